The number of rotatable bonds is 12. The zero-order chi connectivity index (χ0) is 33.9. The molecule has 6 atom stereocenters. The number of amides is 5. The van der Waals surface area contributed by atoms with Crippen molar-refractivity contribution in [2.45, 2.75) is 112 Å². The minimum absolute atomic E-state index is 0.0723. The number of likely N-dealkylation sites (N-methyl/N-ethyl adjacent to an activating group) is 1. The molecule has 256 valence electrons. The number of carbonyl (C=O) groups is 5. The first-order chi connectivity index (χ1) is 20.8. The van der Waals surface area contributed by atoms with Crippen molar-refractivity contribution in [1.82, 2.24) is 30.5 Å². The maximum absolute atomic E-state index is 14.3. The maximum atomic E-state index is 14.3. The summed E-state index contributed by atoms with van der Waals surface area (Å²) >= 11 is 0. The predicted octanol–water partition coefficient (Wildman–Crippen LogP) is 1.96. The summed E-state index contributed by atoms with van der Waals surface area (Å²) in [5.74, 6) is -1.46. The Hall–Kier alpha value is -2.54. The van der Waals surface area contributed by atoms with Crippen LogP contribution in [0.15, 0.2) is 0 Å². The van der Waals surface area contributed by atoms with Crippen LogP contribution in [-0.2, 0) is 30.2 Å². The van der Waals surface area contributed by atoms with Gasteiger partial charge in [0.05, 0.1) is 17.0 Å². The highest BCUT2D eigenvalue weighted by Gasteiger charge is 2.48. The summed E-state index contributed by atoms with van der Waals surface area (Å²) in [6, 6.07) is -3.59. The van der Waals surface area contributed by atoms with E-state index in [1.807, 2.05) is 59.7 Å². The fourth-order valence-corrected chi connectivity index (χ4v) is 7.49. The van der Waals surface area contributed by atoms with E-state index >= 15 is 0 Å². The van der Waals surface area contributed by atoms with Crippen LogP contribution in [0.4, 0.5) is 4.79 Å². The molecule has 4 N–H and O–H groups in total. The number of Topliss-reactive ketones (excluding diaryl/α,β-unsaturated/α-hetero) is 1. The molecule has 0 radical (unpaired) electrons. The summed E-state index contributed by atoms with van der Waals surface area (Å²) in [5, 5.41) is 11.2. The Morgan fingerprint density at radius 2 is 1.53 bits per heavy atom. The number of hydrogen-bond acceptors (Lipinski definition) is 6. The van der Waals surface area contributed by atoms with Crippen LogP contribution in [0.25, 0.3) is 0 Å². The highest BCUT2D eigenvalue weighted by Crippen LogP contribution is 2.36. The molecule has 13 heteroatoms. The Kier molecular flexibility index (Phi) is 12.2. The molecule has 1 aliphatic carbocycles. The second kappa shape index (κ2) is 14.9. The van der Waals surface area contributed by atoms with Gasteiger partial charge in [0.25, 0.3) is 5.91 Å². The largest absolute Gasteiger partial charge is 0.353 e. The van der Waals surface area contributed by atoms with Crippen molar-refractivity contribution in [3.8, 4) is 0 Å². The standard InChI is InChI=1S/C32H56N6O6S/c1-19(2)21-13-15-38(24(21)27(40)34-22(17-20-11-12-20)25(39)28(41)33-9)29(42)26(32(6,7)8)36-30(43)35-23(31(3,4)5)18-37-14-10-16-45(37)44/h19-24,26H,10-18H2,1-9H3,(H,33,41)(H,34,40)(H2,35,36,43)/t21-,22?,23-,24+,26-,45?/m1/s1. The Morgan fingerprint density at radius 3 is 2.02 bits per heavy atom. The van der Waals surface area contributed by atoms with Crippen LogP contribution in [0.3, 0.4) is 0 Å². The molecule has 2 heterocycles. The second-order valence-corrected chi connectivity index (χ2v) is 17.0. The van der Waals surface area contributed by atoms with Crippen LogP contribution >= 0.6 is 0 Å². The van der Waals surface area contributed by atoms with Gasteiger partial charge in [-0.2, -0.15) is 0 Å². The molecule has 2 unspecified atom stereocenters. The lowest BCUT2D eigenvalue weighted by atomic mass is 9.84. The molecule has 3 rings (SSSR count). The third kappa shape index (κ3) is 9.73. The van der Waals surface area contributed by atoms with Crippen molar-refractivity contribution in [1.29, 1.82) is 0 Å². The van der Waals surface area contributed by atoms with Crippen molar-refractivity contribution in [3.05, 3.63) is 0 Å². The van der Waals surface area contributed by atoms with Gasteiger partial charge in [-0.05, 0) is 47.8 Å². The molecule has 2 aliphatic heterocycles. The van der Waals surface area contributed by atoms with E-state index in [0.717, 1.165) is 19.3 Å². The van der Waals surface area contributed by atoms with Gasteiger partial charge in [-0.3, -0.25) is 19.2 Å². The highest BCUT2D eigenvalue weighted by atomic mass is 32.2. The number of nitrogens with one attached hydrogen (secondary N) is 4. The SMILES string of the molecule is CNC(=O)C(=O)C(CC1CC1)NC(=O)[C@@H]1[C@@H](C(C)C)CCN1C(=O)[C@@H](NC(=O)N[C@H](CN1CCCS1=O)C(C)(C)C)C(C)(C)C. The summed E-state index contributed by atoms with van der Waals surface area (Å²) < 4.78 is 14.3. The van der Waals surface area contributed by atoms with E-state index in [4.69, 9.17) is 0 Å². The first kappa shape index (κ1) is 36.9. The van der Waals surface area contributed by atoms with E-state index in [0.29, 0.717) is 38.2 Å². The van der Waals surface area contributed by atoms with Gasteiger partial charge >= 0.3 is 6.03 Å². The maximum Gasteiger partial charge on any atom is 0.315 e. The molecular weight excluding hydrogens is 596 g/mol. The molecule has 45 heavy (non-hydrogen) atoms. The van der Waals surface area contributed by atoms with Crippen LogP contribution in [-0.4, -0.2) is 99.6 Å². The van der Waals surface area contributed by atoms with Gasteiger partial charge in [-0.1, -0.05) is 68.2 Å². The van der Waals surface area contributed by atoms with E-state index in [2.05, 4.69) is 21.3 Å². The van der Waals surface area contributed by atoms with E-state index in [1.54, 1.807) is 4.90 Å². The lowest BCUT2D eigenvalue weighted by Gasteiger charge is -2.38. The lowest BCUT2D eigenvalue weighted by Crippen LogP contribution is -2.62. The first-order valence-electron chi connectivity index (χ1n) is 16.4. The Labute approximate surface area is 271 Å². The molecule has 1 saturated carbocycles. The summed E-state index contributed by atoms with van der Waals surface area (Å²) in [5.41, 5.74) is -1.03. The van der Waals surface area contributed by atoms with Crippen LogP contribution < -0.4 is 21.3 Å². The van der Waals surface area contributed by atoms with Crippen molar-refractivity contribution >= 4 is 40.5 Å². The van der Waals surface area contributed by atoms with Crippen molar-refractivity contribution in [2.24, 2.45) is 28.6 Å². The minimum atomic E-state index is -1.07. The van der Waals surface area contributed by atoms with Gasteiger partial charge < -0.3 is 26.2 Å². The molecule has 0 aromatic carbocycles. The number of hydrogen-bond donors (Lipinski definition) is 4. The number of ketones is 1. The minimum Gasteiger partial charge on any atom is -0.353 e. The molecule has 0 aromatic heterocycles. The Morgan fingerprint density at radius 1 is 0.889 bits per heavy atom. The summed E-state index contributed by atoms with van der Waals surface area (Å²) in [6.45, 7) is 17.1. The molecule has 3 fully saturated rings. The van der Waals surface area contributed by atoms with Gasteiger partial charge in [-0.15, -0.1) is 0 Å². The van der Waals surface area contributed by atoms with E-state index in [1.165, 1.54) is 7.05 Å². The molecule has 0 bridgehead atoms. The zero-order valence-corrected chi connectivity index (χ0v) is 29.5. The molecule has 12 nitrogen and oxygen atoms in total. The molecule has 0 aromatic rings. The smallest absolute Gasteiger partial charge is 0.315 e. The molecule has 2 saturated heterocycles. The molecule has 5 amide bonds. The predicted molar refractivity (Wildman–Crippen MR) is 174 cm³/mol. The fraction of sp³-hybridized carbons (Fsp3) is 0.844. The molecule has 3 aliphatic rings. The van der Waals surface area contributed by atoms with Crippen LogP contribution in [0.1, 0.15) is 87.5 Å². The topological polar surface area (TPSA) is 157 Å². The van der Waals surface area contributed by atoms with Gasteiger partial charge in [0.2, 0.25) is 17.6 Å². The van der Waals surface area contributed by atoms with Crippen LogP contribution in [0.5, 0.6) is 0 Å². The zero-order valence-electron chi connectivity index (χ0n) is 28.7. The number of urea groups is 1. The van der Waals surface area contributed by atoms with Gasteiger partial charge in [0, 0.05) is 38.5 Å². The van der Waals surface area contributed by atoms with Gasteiger partial charge in [0.1, 0.15) is 12.1 Å². The van der Waals surface area contributed by atoms with Crippen LogP contribution in [0, 0.1) is 28.6 Å². The Balaban J connectivity index is 1.81. The van der Waals surface area contributed by atoms with Crippen molar-refractivity contribution in [3.63, 3.8) is 0 Å². The average Bonchev–Trinajstić information content (AvgIpc) is 3.48. The van der Waals surface area contributed by atoms with Crippen molar-refractivity contribution in [2.75, 3.05) is 32.4 Å². The fourth-order valence-electron chi connectivity index (χ4n) is 6.21. The molecular formula is C32H56N6O6S. The first-order valence-corrected chi connectivity index (χ1v) is 17.7. The van der Waals surface area contributed by atoms with E-state index < -0.39 is 58.2 Å². The third-order valence-corrected chi connectivity index (χ3v) is 10.9. The monoisotopic (exact) mass is 652 g/mol. The summed E-state index contributed by atoms with van der Waals surface area (Å²) in [4.78, 5) is 68.4. The Bertz CT molecular complexity index is 1140. The quantitative estimate of drug-likeness (QED) is 0.236. The second-order valence-electron chi connectivity index (χ2n) is 15.5. The van der Waals surface area contributed by atoms with Crippen molar-refractivity contribution < 1.29 is 28.2 Å². The number of nitrogens with zero attached hydrogens (tertiary/aromatic N) is 2. The van der Waals surface area contributed by atoms with E-state index in [-0.39, 0.29) is 35.1 Å². The normalized spacial score (nSPS) is 24.6. The van der Waals surface area contributed by atoms with Gasteiger partial charge in [0.15, 0.2) is 0 Å². The summed E-state index contributed by atoms with van der Waals surface area (Å²) in [6.07, 6.45) is 3.73. The summed E-state index contributed by atoms with van der Waals surface area (Å²) in [7, 11) is 0.312. The lowest BCUT2D eigenvalue weighted by molar-refractivity contribution is -0.144. The molecule has 0 spiro atoms. The number of likely N-dealkylation sites (tertiary alicyclic amines) is 1. The van der Waals surface area contributed by atoms with Gasteiger partial charge in [-0.25, -0.2) is 13.3 Å². The third-order valence-electron chi connectivity index (χ3n) is 9.34. The average molecular weight is 653 g/mol. The highest BCUT2D eigenvalue weighted by molar-refractivity contribution is 7.82. The number of carbonyl (C=O) groups excluding carboxylic acids is 5. The van der Waals surface area contributed by atoms with E-state index in [9.17, 15) is 28.2 Å². The van der Waals surface area contributed by atoms with Crippen LogP contribution in [0.2, 0.25) is 0 Å².